The molecule has 10 heteroatoms. The number of carboxylic acid groups (broad SMARTS) is 1. The lowest BCUT2D eigenvalue weighted by Gasteiger charge is -2.38. The number of anilines is 1. The molecule has 2 fully saturated rings. The Morgan fingerprint density at radius 1 is 1.05 bits per heavy atom. The Hall–Kier alpha value is -3.63. The van der Waals surface area contributed by atoms with Crippen LogP contribution in [0.4, 0.5) is 10.5 Å². The zero-order chi connectivity index (χ0) is 30.9. The number of piperazine rings is 1. The molecule has 1 N–H and O–H groups in total. The zero-order valence-corrected chi connectivity index (χ0v) is 25.8. The van der Waals surface area contributed by atoms with E-state index in [2.05, 4.69) is 24.0 Å². The van der Waals surface area contributed by atoms with E-state index >= 15 is 0 Å². The molecular weight excluding hydrogens is 550 g/mol. The largest absolute Gasteiger partial charge is 0.490 e. The van der Waals surface area contributed by atoms with Gasteiger partial charge in [-0.1, -0.05) is 18.2 Å². The van der Waals surface area contributed by atoms with Gasteiger partial charge in [0, 0.05) is 50.9 Å². The minimum absolute atomic E-state index is 0.0380. The molecule has 2 aliphatic rings. The van der Waals surface area contributed by atoms with Crippen molar-refractivity contribution in [1.29, 1.82) is 0 Å². The first-order chi connectivity index (χ1) is 20.6. The van der Waals surface area contributed by atoms with Gasteiger partial charge in [-0.25, -0.2) is 9.59 Å². The molecule has 0 aromatic heterocycles. The van der Waals surface area contributed by atoms with Gasteiger partial charge in [0.05, 0.1) is 19.3 Å². The molecule has 0 unspecified atom stereocenters. The molecule has 4 rings (SSSR count). The number of hydrogen-bond acceptors (Lipinski definition) is 7. The maximum Gasteiger partial charge on any atom is 0.407 e. The van der Waals surface area contributed by atoms with E-state index in [9.17, 15) is 19.5 Å². The number of benzene rings is 2. The molecule has 2 aromatic rings. The van der Waals surface area contributed by atoms with Gasteiger partial charge >= 0.3 is 12.1 Å². The van der Waals surface area contributed by atoms with E-state index in [-0.39, 0.29) is 36.5 Å². The Morgan fingerprint density at radius 3 is 2.49 bits per heavy atom. The topological polar surface area (TPSA) is 109 Å². The second-order valence-electron chi connectivity index (χ2n) is 11.6. The summed E-state index contributed by atoms with van der Waals surface area (Å²) in [5, 5.41) is 9.34. The van der Waals surface area contributed by atoms with E-state index < -0.39 is 6.09 Å². The summed E-state index contributed by atoms with van der Waals surface area (Å²) in [7, 11) is 1.85. The highest BCUT2D eigenvalue weighted by Gasteiger charge is 2.30. The molecule has 43 heavy (non-hydrogen) atoms. The normalized spacial score (nSPS) is 20.8. The van der Waals surface area contributed by atoms with Crippen LogP contribution >= 0.6 is 0 Å². The number of hydrogen-bond donors (Lipinski definition) is 1. The summed E-state index contributed by atoms with van der Waals surface area (Å²) in [4.78, 5) is 41.8. The third-order valence-electron chi connectivity index (χ3n) is 8.41. The van der Waals surface area contributed by atoms with E-state index in [0.29, 0.717) is 32.8 Å². The van der Waals surface area contributed by atoms with Crippen molar-refractivity contribution in [2.24, 2.45) is 5.92 Å². The molecule has 1 atom stereocenters. The van der Waals surface area contributed by atoms with Crippen molar-refractivity contribution < 1.29 is 33.7 Å². The molecule has 2 aromatic carbocycles. The molecule has 1 saturated carbocycles. The smallest absolute Gasteiger partial charge is 0.407 e. The van der Waals surface area contributed by atoms with E-state index in [1.165, 1.54) is 10.5 Å². The first-order valence-electron chi connectivity index (χ1n) is 15.2. The summed E-state index contributed by atoms with van der Waals surface area (Å²) in [5.41, 5.74) is 4.11. The predicted molar refractivity (Wildman–Crippen MR) is 163 cm³/mol. The number of carbonyl (C=O) groups is 3. The molecule has 1 heterocycles. The zero-order valence-electron chi connectivity index (χ0n) is 25.8. The minimum Gasteiger partial charge on any atom is -0.490 e. The molecule has 1 saturated heterocycles. The molecule has 1 aliphatic carbocycles. The fraction of sp³-hybridized carbons (Fsp3) is 0.545. The second kappa shape index (κ2) is 15.2. The molecular formula is C33H45N3O7. The van der Waals surface area contributed by atoms with Gasteiger partial charge in [-0.2, -0.15) is 0 Å². The first-order valence-corrected chi connectivity index (χ1v) is 15.2. The van der Waals surface area contributed by atoms with Gasteiger partial charge in [-0.15, -0.1) is 0 Å². The van der Waals surface area contributed by atoms with Crippen LogP contribution in [-0.4, -0.2) is 84.9 Å². The van der Waals surface area contributed by atoms with Crippen molar-refractivity contribution in [1.82, 2.24) is 9.80 Å². The number of amides is 2. The standard InChI is InChI=1S/C33H45N3O7/c1-5-42-31(37)22-41-21-25-7-6-8-30(18-25)43-29-13-10-26(11-14-29)32(38)34(4)28-12-9-27(23(2)17-28)20-35-15-16-36(33(39)40)24(3)19-35/h6-9,12,17-18,24,26,29H,5,10-11,13-16,19-22H2,1-4H3,(H,39,40)/t24-,26-,29-/m0/s1. The molecule has 234 valence electrons. The van der Waals surface area contributed by atoms with Crippen molar-refractivity contribution in [3.8, 4) is 5.75 Å². The number of aryl methyl sites for hydroxylation is 1. The highest BCUT2D eigenvalue weighted by atomic mass is 16.6. The van der Waals surface area contributed by atoms with E-state index in [4.69, 9.17) is 14.2 Å². The maximum atomic E-state index is 13.4. The van der Waals surface area contributed by atoms with Crippen LogP contribution in [0.5, 0.6) is 5.75 Å². The average molecular weight is 596 g/mol. The van der Waals surface area contributed by atoms with Crippen LogP contribution in [0.15, 0.2) is 42.5 Å². The fourth-order valence-corrected chi connectivity index (χ4v) is 5.95. The number of rotatable bonds is 11. The molecule has 2 amide bonds. The van der Waals surface area contributed by atoms with Crippen LogP contribution in [0.25, 0.3) is 0 Å². The Bertz CT molecular complexity index is 1260. The van der Waals surface area contributed by atoms with Gasteiger partial charge in [0.2, 0.25) is 5.91 Å². The van der Waals surface area contributed by atoms with Crippen molar-refractivity contribution in [2.75, 3.05) is 44.8 Å². The molecule has 0 bridgehead atoms. The van der Waals surface area contributed by atoms with Crippen molar-refractivity contribution >= 4 is 23.7 Å². The number of ether oxygens (including phenoxy) is 3. The van der Waals surface area contributed by atoms with Crippen molar-refractivity contribution in [3.05, 3.63) is 59.2 Å². The summed E-state index contributed by atoms with van der Waals surface area (Å²) in [6, 6.07) is 13.8. The molecule has 1 aliphatic heterocycles. The van der Waals surface area contributed by atoms with E-state index in [1.807, 2.05) is 44.3 Å². The van der Waals surface area contributed by atoms with Crippen LogP contribution in [0, 0.1) is 12.8 Å². The Balaban J connectivity index is 1.24. The summed E-state index contributed by atoms with van der Waals surface area (Å²) in [6.45, 7) is 9.01. The highest BCUT2D eigenvalue weighted by molar-refractivity contribution is 5.94. The van der Waals surface area contributed by atoms with Gasteiger partial charge in [-0.05, 0) is 87.4 Å². The maximum absolute atomic E-state index is 13.4. The van der Waals surface area contributed by atoms with Gasteiger partial charge < -0.3 is 29.1 Å². The van der Waals surface area contributed by atoms with Crippen molar-refractivity contribution in [3.63, 3.8) is 0 Å². The monoisotopic (exact) mass is 595 g/mol. The number of carbonyl (C=O) groups excluding carboxylic acids is 2. The Morgan fingerprint density at radius 2 is 1.81 bits per heavy atom. The van der Waals surface area contributed by atoms with Crippen LogP contribution in [0.3, 0.4) is 0 Å². The van der Waals surface area contributed by atoms with E-state index in [1.54, 1.807) is 11.8 Å². The second-order valence-corrected chi connectivity index (χ2v) is 11.6. The lowest BCUT2D eigenvalue weighted by molar-refractivity contribution is -0.148. The fourth-order valence-electron chi connectivity index (χ4n) is 5.95. The number of nitrogens with zero attached hydrogens (tertiary/aromatic N) is 3. The SMILES string of the molecule is CCOC(=O)COCc1cccc(O[C@H]2CC[C@H](C(=O)N(C)c3ccc(CN4CCN(C(=O)O)[C@@H](C)C4)c(C)c3)CC2)c1. The average Bonchev–Trinajstić information content (AvgIpc) is 2.98. The lowest BCUT2D eigenvalue weighted by atomic mass is 9.86. The number of esters is 1. The third kappa shape index (κ3) is 8.93. The highest BCUT2D eigenvalue weighted by Crippen LogP contribution is 2.31. The third-order valence-corrected chi connectivity index (χ3v) is 8.41. The van der Waals surface area contributed by atoms with Gasteiger partial charge in [0.15, 0.2) is 0 Å². The lowest BCUT2D eigenvalue weighted by Crippen LogP contribution is -2.53. The molecule has 10 nitrogen and oxygen atoms in total. The first kappa shape index (κ1) is 32.3. The van der Waals surface area contributed by atoms with Crippen LogP contribution in [0.2, 0.25) is 0 Å². The van der Waals surface area contributed by atoms with Crippen LogP contribution in [0.1, 0.15) is 56.2 Å². The van der Waals surface area contributed by atoms with Gasteiger partial charge in [-0.3, -0.25) is 9.69 Å². The van der Waals surface area contributed by atoms with Gasteiger partial charge in [0.1, 0.15) is 12.4 Å². The van der Waals surface area contributed by atoms with Gasteiger partial charge in [0.25, 0.3) is 0 Å². The summed E-state index contributed by atoms with van der Waals surface area (Å²) in [6.07, 6.45) is 2.34. The molecule has 0 radical (unpaired) electrons. The van der Waals surface area contributed by atoms with Crippen molar-refractivity contribution in [2.45, 2.75) is 71.8 Å². The Kier molecular flexibility index (Phi) is 11.4. The Labute approximate surface area is 254 Å². The molecule has 0 spiro atoms. The minimum atomic E-state index is -0.859. The van der Waals surface area contributed by atoms with Crippen LogP contribution < -0.4 is 9.64 Å². The van der Waals surface area contributed by atoms with Crippen LogP contribution in [-0.2, 0) is 32.2 Å². The predicted octanol–water partition coefficient (Wildman–Crippen LogP) is 4.86. The van der Waals surface area contributed by atoms with E-state index in [0.717, 1.165) is 54.8 Å². The quantitative estimate of drug-likeness (QED) is 0.367. The summed E-state index contributed by atoms with van der Waals surface area (Å²) >= 11 is 0. The summed E-state index contributed by atoms with van der Waals surface area (Å²) in [5.74, 6) is 0.473. The summed E-state index contributed by atoms with van der Waals surface area (Å²) < 4.78 is 16.6.